The Balaban J connectivity index is 1.76. The smallest absolute Gasteiger partial charge is 0.251 e. The Kier molecular flexibility index (Phi) is 9.21. The molecule has 1 aromatic rings. The molecule has 1 aromatic carbocycles. The highest BCUT2D eigenvalue weighted by Crippen LogP contribution is 2.27. The van der Waals surface area contributed by atoms with E-state index in [9.17, 15) is 9.59 Å². The second-order valence-electron chi connectivity index (χ2n) is 6.87. The van der Waals surface area contributed by atoms with E-state index in [0.29, 0.717) is 36.7 Å². The monoisotopic (exact) mass is 391 g/mol. The summed E-state index contributed by atoms with van der Waals surface area (Å²) in [5.74, 6) is 0.420. The lowest BCUT2D eigenvalue weighted by Gasteiger charge is -2.21. The summed E-state index contributed by atoms with van der Waals surface area (Å²) in [6, 6.07) is 6.98. The number of anilines is 1. The van der Waals surface area contributed by atoms with E-state index in [1.807, 2.05) is 0 Å². The third kappa shape index (κ3) is 8.05. The van der Waals surface area contributed by atoms with Gasteiger partial charge in [0.15, 0.2) is 5.11 Å². The van der Waals surface area contributed by atoms with Gasteiger partial charge in [0.05, 0.1) is 6.61 Å². The first-order valence-electron chi connectivity index (χ1n) is 9.56. The van der Waals surface area contributed by atoms with Gasteiger partial charge in [-0.25, -0.2) is 0 Å². The van der Waals surface area contributed by atoms with Gasteiger partial charge in [0.1, 0.15) is 0 Å². The van der Waals surface area contributed by atoms with Crippen LogP contribution in [-0.2, 0) is 9.53 Å². The number of hydrogen-bond acceptors (Lipinski definition) is 4. The van der Waals surface area contributed by atoms with E-state index in [1.54, 1.807) is 31.4 Å². The fourth-order valence-electron chi connectivity index (χ4n) is 3.27. The molecule has 0 radical (unpaired) electrons. The number of rotatable bonds is 8. The zero-order valence-electron chi connectivity index (χ0n) is 15.9. The van der Waals surface area contributed by atoms with E-state index in [1.165, 1.54) is 32.1 Å². The predicted octanol–water partition coefficient (Wildman–Crippen LogP) is 3.24. The van der Waals surface area contributed by atoms with Crippen LogP contribution in [0.25, 0.3) is 0 Å². The van der Waals surface area contributed by atoms with Crippen LogP contribution in [0.15, 0.2) is 24.3 Å². The highest BCUT2D eigenvalue weighted by Gasteiger charge is 2.15. The molecular formula is C20H29N3O3S. The van der Waals surface area contributed by atoms with Crippen LogP contribution < -0.4 is 16.0 Å². The van der Waals surface area contributed by atoms with Crippen LogP contribution in [0.1, 0.15) is 55.3 Å². The largest absolute Gasteiger partial charge is 0.383 e. The van der Waals surface area contributed by atoms with Gasteiger partial charge in [-0.2, -0.15) is 0 Å². The Morgan fingerprint density at radius 3 is 2.74 bits per heavy atom. The van der Waals surface area contributed by atoms with Crippen LogP contribution in [0.5, 0.6) is 0 Å². The van der Waals surface area contributed by atoms with Gasteiger partial charge < -0.3 is 20.7 Å². The molecule has 0 bridgehead atoms. The second kappa shape index (κ2) is 11.7. The van der Waals surface area contributed by atoms with Crippen molar-refractivity contribution in [2.24, 2.45) is 5.92 Å². The van der Waals surface area contributed by atoms with Crippen LogP contribution in [0, 0.1) is 5.92 Å². The maximum atomic E-state index is 12.1. The number of benzene rings is 1. The van der Waals surface area contributed by atoms with Gasteiger partial charge in [0.2, 0.25) is 5.91 Å². The Bertz CT molecular complexity index is 645. The lowest BCUT2D eigenvalue weighted by atomic mass is 9.86. The lowest BCUT2D eigenvalue weighted by Crippen LogP contribution is -2.34. The molecule has 0 heterocycles. The van der Waals surface area contributed by atoms with E-state index in [2.05, 4.69) is 16.0 Å². The quantitative estimate of drug-likeness (QED) is 0.468. The second-order valence-corrected chi connectivity index (χ2v) is 7.28. The first-order chi connectivity index (χ1) is 13.1. The number of methoxy groups -OCH3 is 1. The number of nitrogens with one attached hydrogen (secondary N) is 3. The molecule has 0 aliphatic heterocycles. The molecule has 2 rings (SSSR count). The Hall–Kier alpha value is -1.99. The van der Waals surface area contributed by atoms with E-state index in [4.69, 9.17) is 17.0 Å². The molecule has 0 saturated heterocycles. The van der Waals surface area contributed by atoms with Crippen molar-refractivity contribution in [1.29, 1.82) is 0 Å². The molecular weight excluding hydrogens is 362 g/mol. The van der Waals surface area contributed by atoms with Crippen molar-refractivity contribution in [2.75, 3.05) is 25.6 Å². The molecule has 0 unspecified atom stereocenters. The Morgan fingerprint density at radius 1 is 1.22 bits per heavy atom. The molecule has 0 aromatic heterocycles. The molecule has 1 aliphatic rings. The van der Waals surface area contributed by atoms with E-state index in [-0.39, 0.29) is 16.9 Å². The highest BCUT2D eigenvalue weighted by atomic mass is 32.1. The molecule has 1 aliphatic carbocycles. The van der Waals surface area contributed by atoms with Crippen LogP contribution in [0.2, 0.25) is 0 Å². The topological polar surface area (TPSA) is 79.5 Å². The number of ether oxygens (including phenoxy) is 1. The van der Waals surface area contributed by atoms with Crippen LogP contribution in [0.3, 0.4) is 0 Å². The van der Waals surface area contributed by atoms with Gasteiger partial charge in [0.25, 0.3) is 5.91 Å². The zero-order valence-corrected chi connectivity index (χ0v) is 16.7. The van der Waals surface area contributed by atoms with Crippen molar-refractivity contribution < 1.29 is 14.3 Å². The van der Waals surface area contributed by atoms with Crippen LogP contribution in [-0.4, -0.2) is 37.2 Å². The normalized spacial score (nSPS) is 14.4. The van der Waals surface area contributed by atoms with Crippen molar-refractivity contribution in [1.82, 2.24) is 10.6 Å². The number of carbonyl (C=O) groups is 2. The predicted molar refractivity (Wildman–Crippen MR) is 111 cm³/mol. The fraction of sp³-hybridized carbons (Fsp3) is 0.550. The lowest BCUT2D eigenvalue weighted by molar-refractivity contribution is -0.120. The van der Waals surface area contributed by atoms with Gasteiger partial charge in [-0.1, -0.05) is 38.2 Å². The van der Waals surface area contributed by atoms with Crippen molar-refractivity contribution in [3.63, 3.8) is 0 Å². The Labute approximate surface area is 166 Å². The maximum absolute atomic E-state index is 12.1. The molecule has 0 atom stereocenters. The zero-order chi connectivity index (χ0) is 19.5. The fourth-order valence-corrected chi connectivity index (χ4v) is 3.50. The molecule has 0 spiro atoms. The minimum Gasteiger partial charge on any atom is -0.383 e. The summed E-state index contributed by atoms with van der Waals surface area (Å²) in [7, 11) is 1.58. The SMILES string of the molecule is COCCNC(=O)c1cccc(NC(=S)NC(=O)CCC2CCCCC2)c1. The van der Waals surface area contributed by atoms with Crippen molar-refractivity contribution >= 4 is 34.8 Å². The average Bonchev–Trinajstić information content (AvgIpc) is 2.67. The Morgan fingerprint density at radius 2 is 2.00 bits per heavy atom. The van der Waals surface area contributed by atoms with Crippen LogP contribution in [0.4, 0.5) is 5.69 Å². The summed E-state index contributed by atoms with van der Waals surface area (Å²) >= 11 is 5.22. The van der Waals surface area contributed by atoms with Gasteiger partial charge >= 0.3 is 0 Å². The van der Waals surface area contributed by atoms with Crippen molar-refractivity contribution in [3.05, 3.63) is 29.8 Å². The van der Waals surface area contributed by atoms with E-state index < -0.39 is 0 Å². The molecule has 7 heteroatoms. The number of amides is 2. The number of carbonyl (C=O) groups excluding carboxylic acids is 2. The first-order valence-corrected chi connectivity index (χ1v) is 9.97. The summed E-state index contributed by atoms with van der Waals surface area (Å²) in [6.07, 6.45) is 7.76. The summed E-state index contributed by atoms with van der Waals surface area (Å²) in [5, 5.41) is 8.71. The molecule has 27 heavy (non-hydrogen) atoms. The average molecular weight is 392 g/mol. The first kappa shape index (κ1) is 21.3. The van der Waals surface area contributed by atoms with E-state index in [0.717, 1.165) is 6.42 Å². The summed E-state index contributed by atoms with van der Waals surface area (Å²) in [4.78, 5) is 24.2. The summed E-state index contributed by atoms with van der Waals surface area (Å²) < 4.78 is 4.92. The van der Waals surface area contributed by atoms with Crippen molar-refractivity contribution in [2.45, 2.75) is 44.9 Å². The molecule has 1 saturated carbocycles. The number of thiocarbonyl (C=S) groups is 1. The minimum absolute atomic E-state index is 0.0634. The maximum Gasteiger partial charge on any atom is 0.251 e. The van der Waals surface area contributed by atoms with Gasteiger partial charge in [-0.15, -0.1) is 0 Å². The third-order valence-electron chi connectivity index (χ3n) is 4.73. The molecule has 2 amide bonds. The molecule has 1 fully saturated rings. The summed E-state index contributed by atoms with van der Waals surface area (Å²) in [6.45, 7) is 0.906. The highest BCUT2D eigenvalue weighted by molar-refractivity contribution is 7.80. The molecule has 3 N–H and O–H groups in total. The molecule has 148 valence electrons. The molecule has 6 nitrogen and oxygen atoms in total. The third-order valence-corrected chi connectivity index (χ3v) is 4.94. The standard InChI is InChI=1S/C20H29N3O3S/c1-26-13-12-21-19(25)16-8-5-9-17(14-16)22-20(27)23-18(24)11-10-15-6-3-2-4-7-15/h5,8-9,14-15H,2-4,6-7,10-13H2,1H3,(H,21,25)(H2,22,23,24,27). The van der Waals surface area contributed by atoms with Gasteiger partial charge in [0, 0.05) is 31.3 Å². The van der Waals surface area contributed by atoms with Crippen molar-refractivity contribution in [3.8, 4) is 0 Å². The van der Waals surface area contributed by atoms with Crippen LogP contribution >= 0.6 is 12.2 Å². The minimum atomic E-state index is -0.182. The van der Waals surface area contributed by atoms with Gasteiger partial charge in [-0.3, -0.25) is 9.59 Å². The van der Waals surface area contributed by atoms with E-state index >= 15 is 0 Å². The van der Waals surface area contributed by atoms with Gasteiger partial charge in [-0.05, 0) is 42.8 Å². The summed E-state index contributed by atoms with van der Waals surface area (Å²) in [5.41, 5.74) is 1.18. The number of hydrogen-bond donors (Lipinski definition) is 3.